The molecule has 2 fully saturated rings. The lowest BCUT2D eigenvalue weighted by atomic mass is 9.91. The van der Waals surface area contributed by atoms with E-state index in [0.717, 1.165) is 18.6 Å². The summed E-state index contributed by atoms with van der Waals surface area (Å²) < 4.78 is 1.31. The van der Waals surface area contributed by atoms with Crippen LogP contribution in [-0.2, 0) is 0 Å². The van der Waals surface area contributed by atoms with Crippen LogP contribution in [0.2, 0.25) is 0 Å². The van der Waals surface area contributed by atoms with E-state index in [1.807, 2.05) is 5.51 Å². The van der Waals surface area contributed by atoms with Gasteiger partial charge in [-0.15, -0.1) is 11.3 Å². The van der Waals surface area contributed by atoms with E-state index in [0.29, 0.717) is 11.6 Å². The maximum absolute atomic E-state index is 4.40. The van der Waals surface area contributed by atoms with Gasteiger partial charge in [0, 0.05) is 30.4 Å². The summed E-state index contributed by atoms with van der Waals surface area (Å²) >= 11 is 1.74. The average molecular weight is 301 g/mol. The van der Waals surface area contributed by atoms with Crippen LogP contribution >= 0.6 is 11.3 Å². The lowest BCUT2D eigenvalue weighted by Gasteiger charge is -2.47. The second-order valence-electron chi connectivity index (χ2n) is 6.56. The Kier molecular flexibility index (Phi) is 3.38. The van der Waals surface area contributed by atoms with Crippen LogP contribution in [0.1, 0.15) is 39.0 Å². The molecule has 1 N–H and O–H groups in total. The lowest BCUT2D eigenvalue weighted by molar-refractivity contribution is 0.267. The van der Waals surface area contributed by atoms with Crippen molar-refractivity contribution < 1.29 is 0 Å². The van der Waals surface area contributed by atoms with Gasteiger partial charge in [-0.2, -0.15) is 0 Å². The number of benzene rings is 1. The van der Waals surface area contributed by atoms with Crippen LogP contribution in [-0.4, -0.2) is 29.7 Å². The largest absolute Gasteiger partial charge is 0.365 e. The minimum atomic E-state index is 0.369. The summed E-state index contributed by atoms with van der Waals surface area (Å²) in [6.07, 6.45) is 6.63. The fourth-order valence-electron chi connectivity index (χ4n) is 4.03. The molecule has 112 valence electrons. The van der Waals surface area contributed by atoms with Gasteiger partial charge in [-0.1, -0.05) is 19.8 Å². The molecule has 4 heteroatoms. The zero-order valence-electron chi connectivity index (χ0n) is 12.6. The molecule has 21 heavy (non-hydrogen) atoms. The Bertz CT molecular complexity index is 630. The molecular formula is C17H23N3S. The zero-order chi connectivity index (χ0) is 14.3. The SMILES string of the molecule is CCC1CNC2(CCCC2)CN1c1ccc2ncsc2c1. The third-order valence-corrected chi connectivity index (χ3v) is 6.10. The number of thiazole rings is 1. The molecule has 2 heterocycles. The first-order valence-corrected chi connectivity index (χ1v) is 9.03. The van der Waals surface area contributed by atoms with Crippen LogP contribution in [0, 0.1) is 0 Å². The Morgan fingerprint density at radius 3 is 3.05 bits per heavy atom. The quantitative estimate of drug-likeness (QED) is 0.914. The van der Waals surface area contributed by atoms with Gasteiger partial charge in [0.15, 0.2) is 0 Å². The van der Waals surface area contributed by atoms with E-state index < -0.39 is 0 Å². The maximum Gasteiger partial charge on any atom is 0.0813 e. The zero-order valence-corrected chi connectivity index (χ0v) is 13.5. The smallest absolute Gasteiger partial charge is 0.0813 e. The Morgan fingerprint density at radius 1 is 1.38 bits per heavy atom. The molecule has 0 bridgehead atoms. The number of aromatic nitrogens is 1. The lowest BCUT2D eigenvalue weighted by Crippen LogP contribution is -2.63. The molecule has 1 spiro atoms. The summed E-state index contributed by atoms with van der Waals surface area (Å²) in [5.41, 5.74) is 4.82. The van der Waals surface area contributed by atoms with Crippen LogP contribution in [0.15, 0.2) is 23.7 Å². The number of nitrogens with one attached hydrogen (secondary N) is 1. The molecule has 1 aromatic heterocycles. The number of fused-ring (bicyclic) bond motifs is 1. The number of nitrogens with zero attached hydrogens (tertiary/aromatic N) is 2. The fraction of sp³-hybridized carbons (Fsp3) is 0.588. The van der Waals surface area contributed by atoms with Gasteiger partial charge in [0.25, 0.3) is 0 Å². The molecule has 2 aromatic rings. The first-order chi connectivity index (χ1) is 10.3. The highest BCUT2D eigenvalue weighted by molar-refractivity contribution is 7.16. The van der Waals surface area contributed by atoms with E-state index in [2.05, 4.69) is 40.3 Å². The topological polar surface area (TPSA) is 28.2 Å². The summed E-state index contributed by atoms with van der Waals surface area (Å²) in [6.45, 7) is 4.59. The highest BCUT2D eigenvalue weighted by Crippen LogP contribution is 2.36. The van der Waals surface area contributed by atoms with E-state index in [-0.39, 0.29) is 0 Å². The number of hydrogen-bond acceptors (Lipinski definition) is 4. The van der Waals surface area contributed by atoms with Crippen molar-refractivity contribution in [1.82, 2.24) is 10.3 Å². The predicted octanol–water partition coefficient (Wildman–Crippen LogP) is 3.80. The molecule has 0 radical (unpaired) electrons. The summed E-state index contributed by atoms with van der Waals surface area (Å²) in [5.74, 6) is 0. The Labute approximate surface area is 130 Å². The Balaban J connectivity index is 1.68. The van der Waals surface area contributed by atoms with Gasteiger partial charge >= 0.3 is 0 Å². The third-order valence-electron chi connectivity index (χ3n) is 5.30. The molecule has 1 saturated carbocycles. The van der Waals surface area contributed by atoms with Crippen molar-refractivity contribution in [3.8, 4) is 0 Å². The monoisotopic (exact) mass is 301 g/mol. The van der Waals surface area contributed by atoms with Gasteiger partial charge in [-0.25, -0.2) is 4.98 Å². The molecule has 1 aromatic carbocycles. The predicted molar refractivity (Wildman–Crippen MR) is 90.2 cm³/mol. The van der Waals surface area contributed by atoms with Crippen LogP contribution < -0.4 is 10.2 Å². The van der Waals surface area contributed by atoms with Gasteiger partial charge in [0.05, 0.1) is 15.7 Å². The number of rotatable bonds is 2. The highest BCUT2D eigenvalue weighted by Gasteiger charge is 2.40. The van der Waals surface area contributed by atoms with Gasteiger partial charge in [-0.05, 0) is 37.5 Å². The van der Waals surface area contributed by atoms with E-state index in [9.17, 15) is 0 Å². The number of hydrogen-bond donors (Lipinski definition) is 1. The molecule has 4 rings (SSSR count). The van der Waals surface area contributed by atoms with Crippen molar-refractivity contribution in [2.75, 3.05) is 18.0 Å². The molecule has 1 saturated heterocycles. The van der Waals surface area contributed by atoms with E-state index in [1.165, 1.54) is 42.5 Å². The second-order valence-corrected chi connectivity index (χ2v) is 7.45. The molecule has 1 unspecified atom stereocenters. The molecule has 2 aliphatic rings. The van der Waals surface area contributed by atoms with Crippen molar-refractivity contribution in [2.45, 2.75) is 50.6 Å². The number of piperazine rings is 1. The molecule has 3 nitrogen and oxygen atoms in total. The molecular weight excluding hydrogens is 278 g/mol. The van der Waals surface area contributed by atoms with Crippen molar-refractivity contribution >= 4 is 27.2 Å². The molecule has 1 atom stereocenters. The van der Waals surface area contributed by atoms with Gasteiger partial charge in [0.2, 0.25) is 0 Å². The van der Waals surface area contributed by atoms with E-state index >= 15 is 0 Å². The third kappa shape index (κ3) is 2.34. The summed E-state index contributed by atoms with van der Waals surface area (Å²) in [7, 11) is 0. The minimum Gasteiger partial charge on any atom is -0.365 e. The highest BCUT2D eigenvalue weighted by atomic mass is 32.1. The second kappa shape index (κ2) is 5.25. The Morgan fingerprint density at radius 2 is 2.24 bits per heavy atom. The van der Waals surface area contributed by atoms with Crippen LogP contribution in [0.4, 0.5) is 5.69 Å². The maximum atomic E-state index is 4.40. The van der Waals surface area contributed by atoms with Crippen molar-refractivity contribution in [1.29, 1.82) is 0 Å². The van der Waals surface area contributed by atoms with Gasteiger partial charge in [0.1, 0.15) is 0 Å². The molecule has 0 amide bonds. The van der Waals surface area contributed by atoms with Crippen LogP contribution in [0.5, 0.6) is 0 Å². The summed E-state index contributed by atoms with van der Waals surface area (Å²) in [5, 5.41) is 3.88. The normalized spacial score (nSPS) is 25.0. The van der Waals surface area contributed by atoms with Crippen molar-refractivity contribution in [3.63, 3.8) is 0 Å². The van der Waals surface area contributed by atoms with Crippen LogP contribution in [0.25, 0.3) is 10.2 Å². The van der Waals surface area contributed by atoms with Crippen LogP contribution in [0.3, 0.4) is 0 Å². The minimum absolute atomic E-state index is 0.369. The van der Waals surface area contributed by atoms with Gasteiger partial charge < -0.3 is 10.2 Å². The fourth-order valence-corrected chi connectivity index (χ4v) is 4.74. The Hall–Kier alpha value is -1.13. The molecule has 1 aliphatic carbocycles. The van der Waals surface area contributed by atoms with E-state index in [1.54, 1.807) is 11.3 Å². The number of anilines is 1. The first-order valence-electron chi connectivity index (χ1n) is 8.15. The average Bonchev–Trinajstić information content (AvgIpc) is 3.16. The summed E-state index contributed by atoms with van der Waals surface area (Å²) in [4.78, 5) is 7.06. The summed E-state index contributed by atoms with van der Waals surface area (Å²) in [6, 6.07) is 7.39. The van der Waals surface area contributed by atoms with Gasteiger partial charge in [-0.3, -0.25) is 0 Å². The first kappa shape index (κ1) is 13.5. The van der Waals surface area contributed by atoms with Crippen molar-refractivity contribution in [2.24, 2.45) is 0 Å². The standard InChI is InChI=1S/C17H23N3S/c1-2-13-10-19-17(7-3-4-8-17)11-20(13)14-5-6-15-16(9-14)21-12-18-15/h5-6,9,12-13,19H,2-4,7-8,10-11H2,1H3. The van der Waals surface area contributed by atoms with E-state index in [4.69, 9.17) is 0 Å². The van der Waals surface area contributed by atoms with Crippen molar-refractivity contribution in [3.05, 3.63) is 23.7 Å². The molecule has 1 aliphatic heterocycles.